The van der Waals surface area contributed by atoms with Crippen LogP contribution in [0, 0.1) is 17.7 Å². The summed E-state index contributed by atoms with van der Waals surface area (Å²) in [6, 6.07) is 4.96. The molecule has 0 bridgehead atoms. The van der Waals surface area contributed by atoms with E-state index >= 15 is 4.39 Å². The van der Waals surface area contributed by atoms with Gasteiger partial charge in [-0.2, -0.15) is 28.6 Å². The van der Waals surface area contributed by atoms with E-state index in [4.69, 9.17) is 0 Å². The first-order valence-corrected chi connectivity index (χ1v) is 12.7. The first-order valence-electron chi connectivity index (χ1n) is 12.7. The second-order valence-electron chi connectivity index (χ2n) is 10.0. The van der Waals surface area contributed by atoms with Gasteiger partial charge in [0.05, 0.1) is 29.2 Å². The molecule has 0 amide bonds. The van der Waals surface area contributed by atoms with Crippen molar-refractivity contribution in [1.29, 1.82) is 0 Å². The Hall–Kier alpha value is -3.04. The Balaban J connectivity index is 1.21. The van der Waals surface area contributed by atoms with Gasteiger partial charge in [0.2, 0.25) is 0 Å². The molecule has 6 nitrogen and oxygen atoms in total. The van der Waals surface area contributed by atoms with Gasteiger partial charge in [-0.05, 0) is 74.5 Å². The van der Waals surface area contributed by atoms with Crippen molar-refractivity contribution in [2.75, 3.05) is 11.4 Å². The fourth-order valence-corrected chi connectivity index (χ4v) is 5.72. The summed E-state index contributed by atoms with van der Waals surface area (Å²) in [4.78, 5) is 10.4. The van der Waals surface area contributed by atoms with Crippen molar-refractivity contribution >= 4 is 5.82 Å². The van der Waals surface area contributed by atoms with Gasteiger partial charge in [-0.15, -0.1) is 0 Å². The van der Waals surface area contributed by atoms with Crippen molar-refractivity contribution in [3.05, 3.63) is 65.1 Å². The first-order chi connectivity index (χ1) is 17.4. The van der Waals surface area contributed by atoms with Crippen LogP contribution in [0.2, 0.25) is 0 Å². The van der Waals surface area contributed by atoms with E-state index in [0.29, 0.717) is 30.5 Å². The van der Waals surface area contributed by atoms with Gasteiger partial charge in [0, 0.05) is 6.54 Å². The Kier molecular flexibility index (Phi) is 7.20. The van der Waals surface area contributed by atoms with Crippen LogP contribution in [0.15, 0.2) is 36.8 Å². The molecule has 1 saturated carbocycles. The number of nitrogens with zero attached hydrogens (tertiary/aromatic N) is 5. The highest BCUT2D eigenvalue weighted by atomic mass is 19.4. The number of alkyl halides is 3. The molecule has 1 saturated heterocycles. The van der Waals surface area contributed by atoms with Gasteiger partial charge >= 0.3 is 6.18 Å². The second-order valence-corrected chi connectivity index (χ2v) is 10.0. The van der Waals surface area contributed by atoms with Gasteiger partial charge in [0.15, 0.2) is 11.6 Å². The third-order valence-electron chi connectivity index (χ3n) is 7.71. The summed E-state index contributed by atoms with van der Waals surface area (Å²) in [6.07, 6.45) is 7.26. The molecule has 1 aliphatic carbocycles. The molecule has 3 heterocycles. The maximum absolute atomic E-state index is 15.5. The predicted molar refractivity (Wildman–Crippen MR) is 127 cm³/mol. The largest absolute Gasteiger partial charge is 0.416 e. The molecule has 2 aromatic heterocycles. The average Bonchev–Trinajstić information content (AvgIpc) is 3.56. The van der Waals surface area contributed by atoms with Gasteiger partial charge in [0.1, 0.15) is 6.33 Å². The van der Waals surface area contributed by atoms with Gasteiger partial charge < -0.3 is 4.90 Å². The van der Waals surface area contributed by atoms with Crippen LogP contribution in [-0.2, 0) is 19.0 Å². The molecule has 0 radical (unpaired) electrons. The Labute approximate surface area is 207 Å². The first kappa shape index (κ1) is 24.6. The number of anilines is 1. The summed E-state index contributed by atoms with van der Waals surface area (Å²) in [5.41, 5.74) is 1.48. The standard InChI is InChI=1S/C26H30F4N6/c27-24-22(12-7-17-3-5-18(6-4-17)14-21-15-33-35-34-21)31-16-32-25(24)36-13-1-2-23(36)19-8-10-20(11-9-19)26(28,29)30/h8-11,15-18,23H,1-7,12-14H2,(H,33,34,35)/t17?,18?,23-/m1/s1. The summed E-state index contributed by atoms with van der Waals surface area (Å²) >= 11 is 0. The van der Waals surface area contributed by atoms with E-state index in [9.17, 15) is 13.2 Å². The monoisotopic (exact) mass is 502 g/mol. The van der Waals surface area contributed by atoms with E-state index in [-0.39, 0.29) is 11.9 Å². The molecule has 1 aromatic carbocycles. The molecule has 5 rings (SSSR count). The quantitative estimate of drug-likeness (QED) is 0.397. The Bertz CT molecular complexity index is 1120. The molecule has 1 aliphatic heterocycles. The number of aryl methyl sites for hydroxylation is 1. The van der Waals surface area contributed by atoms with Crippen LogP contribution in [-0.4, -0.2) is 31.9 Å². The van der Waals surface area contributed by atoms with Crippen LogP contribution in [0.25, 0.3) is 0 Å². The van der Waals surface area contributed by atoms with E-state index in [0.717, 1.165) is 74.8 Å². The Morgan fingerprint density at radius 3 is 2.42 bits per heavy atom. The normalized spacial score (nSPS) is 22.8. The molecular formula is C26H30F4N6. The van der Waals surface area contributed by atoms with Crippen molar-refractivity contribution in [3.8, 4) is 0 Å². The van der Waals surface area contributed by atoms with Gasteiger partial charge in [-0.25, -0.2) is 14.4 Å². The number of halogens is 4. The summed E-state index contributed by atoms with van der Waals surface area (Å²) in [5.74, 6) is 1.00. The maximum atomic E-state index is 15.5. The minimum absolute atomic E-state index is 0.204. The van der Waals surface area contributed by atoms with Crippen LogP contribution in [0.4, 0.5) is 23.4 Å². The van der Waals surface area contributed by atoms with Crippen LogP contribution >= 0.6 is 0 Å². The third kappa shape index (κ3) is 5.52. The molecule has 36 heavy (non-hydrogen) atoms. The smallest absolute Gasteiger partial charge is 0.347 e. The highest BCUT2D eigenvalue weighted by Crippen LogP contribution is 2.39. The zero-order valence-electron chi connectivity index (χ0n) is 20.0. The van der Waals surface area contributed by atoms with Crippen molar-refractivity contribution in [1.82, 2.24) is 25.4 Å². The summed E-state index contributed by atoms with van der Waals surface area (Å²) in [6.45, 7) is 0.606. The van der Waals surface area contributed by atoms with E-state index in [2.05, 4.69) is 25.4 Å². The summed E-state index contributed by atoms with van der Waals surface area (Å²) < 4.78 is 54.4. The SMILES string of the molecule is Fc1c(CCC2CCC(Cc3cn[nH]n3)CC2)ncnc1N1CCC[C@@H]1c1ccc(C(F)(F)F)cc1. The molecular weight excluding hydrogens is 472 g/mol. The topological polar surface area (TPSA) is 70.6 Å². The average molecular weight is 503 g/mol. The molecule has 0 spiro atoms. The molecule has 2 aliphatic rings. The Morgan fingerprint density at radius 1 is 0.972 bits per heavy atom. The number of hydrogen-bond acceptors (Lipinski definition) is 5. The lowest BCUT2D eigenvalue weighted by Gasteiger charge is -2.28. The van der Waals surface area contributed by atoms with Crippen LogP contribution in [0.3, 0.4) is 0 Å². The van der Waals surface area contributed by atoms with Gasteiger partial charge in [-0.1, -0.05) is 25.0 Å². The van der Waals surface area contributed by atoms with Crippen LogP contribution < -0.4 is 4.90 Å². The fourth-order valence-electron chi connectivity index (χ4n) is 5.72. The van der Waals surface area contributed by atoms with Crippen molar-refractivity contribution < 1.29 is 17.6 Å². The zero-order chi connectivity index (χ0) is 25.1. The Morgan fingerprint density at radius 2 is 1.72 bits per heavy atom. The number of nitrogens with one attached hydrogen (secondary N) is 1. The van der Waals surface area contributed by atoms with Crippen molar-refractivity contribution in [2.24, 2.45) is 11.8 Å². The molecule has 192 valence electrons. The number of rotatable bonds is 7. The molecule has 3 aromatic rings. The van der Waals surface area contributed by atoms with E-state index in [1.807, 2.05) is 4.90 Å². The van der Waals surface area contributed by atoms with Crippen LogP contribution in [0.5, 0.6) is 0 Å². The highest BCUT2D eigenvalue weighted by molar-refractivity contribution is 5.46. The highest BCUT2D eigenvalue weighted by Gasteiger charge is 2.33. The summed E-state index contributed by atoms with van der Waals surface area (Å²) in [7, 11) is 0. The zero-order valence-corrected chi connectivity index (χ0v) is 20.0. The molecule has 0 unspecified atom stereocenters. The number of benzene rings is 1. The van der Waals surface area contributed by atoms with E-state index < -0.39 is 17.6 Å². The lowest BCUT2D eigenvalue weighted by atomic mass is 9.78. The molecule has 1 N–H and O–H groups in total. The minimum atomic E-state index is -4.38. The predicted octanol–water partition coefficient (Wildman–Crippen LogP) is 6.08. The third-order valence-corrected chi connectivity index (χ3v) is 7.71. The number of aromatic nitrogens is 5. The lowest BCUT2D eigenvalue weighted by Crippen LogP contribution is -2.25. The van der Waals surface area contributed by atoms with Crippen molar-refractivity contribution in [3.63, 3.8) is 0 Å². The minimum Gasteiger partial charge on any atom is -0.347 e. The van der Waals surface area contributed by atoms with Gasteiger partial charge in [-0.3, -0.25) is 0 Å². The fraction of sp³-hybridized carbons (Fsp3) is 0.538. The number of H-pyrrole nitrogens is 1. The van der Waals surface area contributed by atoms with E-state index in [1.165, 1.54) is 18.5 Å². The van der Waals surface area contributed by atoms with E-state index in [1.54, 1.807) is 6.20 Å². The summed E-state index contributed by atoms with van der Waals surface area (Å²) in [5, 5.41) is 10.7. The maximum Gasteiger partial charge on any atom is 0.416 e. The number of aromatic amines is 1. The lowest BCUT2D eigenvalue weighted by molar-refractivity contribution is -0.137. The van der Waals surface area contributed by atoms with Crippen LogP contribution in [0.1, 0.15) is 73.5 Å². The molecule has 2 fully saturated rings. The second kappa shape index (κ2) is 10.5. The van der Waals surface area contributed by atoms with Crippen molar-refractivity contribution in [2.45, 2.75) is 70.0 Å². The molecule has 1 atom stereocenters. The van der Waals surface area contributed by atoms with Gasteiger partial charge in [0.25, 0.3) is 0 Å². The number of hydrogen-bond donors (Lipinski definition) is 1. The molecule has 10 heteroatoms.